The quantitative estimate of drug-likeness (QED) is 0.675. The molecule has 0 saturated carbocycles. The Morgan fingerprint density at radius 1 is 0.929 bits per heavy atom. The van der Waals surface area contributed by atoms with Crippen LogP contribution in [0.1, 0.15) is 29.8 Å². The van der Waals surface area contributed by atoms with Crippen LogP contribution < -0.4 is 15.0 Å². The fourth-order valence-corrected chi connectivity index (χ4v) is 3.35. The molecule has 0 radical (unpaired) electrons. The second kappa shape index (κ2) is 8.57. The minimum Gasteiger partial charge on any atom is -0.455 e. The highest BCUT2D eigenvalue weighted by Crippen LogP contribution is 2.29. The van der Waals surface area contributed by atoms with Gasteiger partial charge in [0.05, 0.1) is 5.69 Å². The summed E-state index contributed by atoms with van der Waals surface area (Å²) < 4.78 is 5.92. The number of para-hydroxylation sites is 3. The van der Waals surface area contributed by atoms with Gasteiger partial charge in [-0.05, 0) is 55.7 Å². The Hall–Kier alpha value is -3.34. The second-order valence-corrected chi connectivity index (χ2v) is 6.81. The number of benzene rings is 2. The molecule has 0 bridgehead atoms. The zero-order valence-electron chi connectivity index (χ0n) is 15.7. The lowest BCUT2D eigenvalue weighted by Crippen LogP contribution is -2.29. The van der Waals surface area contributed by atoms with Crippen molar-refractivity contribution in [2.24, 2.45) is 0 Å². The Morgan fingerprint density at radius 3 is 2.50 bits per heavy atom. The summed E-state index contributed by atoms with van der Waals surface area (Å²) in [4.78, 5) is 19.4. The molecule has 142 valence electrons. The molecule has 1 aliphatic heterocycles. The predicted molar refractivity (Wildman–Crippen MR) is 111 cm³/mol. The van der Waals surface area contributed by atoms with Crippen LogP contribution in [0.2, 0.25) is 0 Å². The lowest BCUT2D eigenvalue weighted by atomic mass is 10.1. The number of rotatable bonds is 5. The third-order valence-electron chi connectivity index (χ3n) is 4.80. The van der Waals surface area contributed by atoms with Gasteiger partial charge in [0.15, 0.2) is 5.75 Å². The van der Waals surface area contributed by atoms with Crippen molar-refractivity contribution in [1.82, 2.24) is 4.98 Å². The summed E-state index contributed by atoms with van der Waals surface area (Å²) in [5, 5.41) is 2.93. The average molecular weight is 373 g/mol. The summed E-state index contributed by atoms with van der Waals surface area (Å²) in [5.74, 6) is 1.06. The molecule has 5 heteroatoms. The molecule has 1 amide bonds. The van der Waals surface area contributed by atoms with Gasteiger partial charge in [0.25, 0.3) is 5.91 Å². The van der Waals surface area contributed by atoms with Crippen LogP contribution in [0.4, 0.5) is 11.4 Å². The van der Waals surface area contributed by atoms with E-state index in [0.29, 0.717) is 17.1 Å². The Morgan fingerprint density at radius 2 is 1.68 bits per heavy atom. The van der Waals surface area contributed by atoms with Crippen LogP contribution in [0.3, 0.4) is 0 Å². The SMILES string of the molecule is O=C(Nc1ccccc1Oc1ccccc1)c1cc(N2CCCCC2)ccn1. The molecular formula is C23H23N3O2. The van der Waals surface area contributed by atoms with E-state index in [9.17, 15) is 4.79 Å². The fraction of sp³-hybridized carbons (Fsp3) is 0.217. The summed E-state index contributed by atoms with van der Waals surface area (Å²) in [6, 6.07) is 20.7. The Balaban J connectivity index is 1.51. The van der Waals surface area contributed by atoms with Crippen LogP contribution in [-0.2, 0) is 0 Å². The number of carbonyl (C=O) groups is 1. The van der Waals surface area contributed by atoms with E-state index in [4.69, 9.17) is 4.74 Å². The molecule has 2 aromatic carbocycles. The van der Waals surface area contributed by atoms with Crippen molar-refractivity contribution in [3.05, 3.63) is 78.6 Å². The summed E-state index contributed by atoms with van der Waals surface area (Å²) in [5.41, 5.74) is 2.06. The first-order chi connectivity index (χ1) is 13.8. The number of amides is 1. The molecule has 1 aromatic heterocycles. The fourth-order valence-electron chi connectivity index (χ4n) is 3.35. The first-order valence-electron chi connectivity index (χ1n) is 9.64. The van der Waals surface area contributed by atoms with Crippen molar-refractivity contribution >= 4 is 17.3 Å². The Kier molecular flexibility index (Phi) is 5.52. The van der Waals surface area contributed by atoms with E-state index >= 15 is 0 Å². The number of nitrogens with one attached hydrogen (secondary N) is 1. The maximum Gasteiger partial charge on any atom is 0.274 e. The van der Waals surface area contributed by atoms with Gasteiger partial charge in [-0.3, -0.25) is 9.78 Å². The molecule has 0 aliphatic carbocycles. The van der Waals surface area contributed by atoms with Crippen molar-refractivity contribution in [2.45, 2.75) is 19.3 Å². The van der Waals surface area contributed by atoms with Crippen molar-refractivity contribution < 1.29 is 9.53 Å². The Bertz CT molecular complexity index is 937. The van der Waals surface area contributed by atoms with E-state index in [2.05, 4.69) is 15.2 Å². The van der Waals surface area contributed by atoms with E-state index in [1.165, 1.54) is 19.3 Å². The molecular weight excluding hydrogens is 350 g/mol. The van der Waals surface area contributed by atoms with Crippen molar-refractivity contribution in [3.8, 4) is 11.5 Å². The second-order valence-electron chi connectivity index (χ2n) is 6.81. The average Bonchev–Trinajstić information content (AvgIpc) is 2.76. The van der Waals surface area contributed by atoms with Crippen molar-refractivity contribution in [3.63, 3.8) is 0 Å². The minimum absolute atomic E-state index is 0.247. The number of nitrogens with zero attached hydrogens (tertiary/aromatic N) is 2. The van der Waals surface area contributed by atoms with Gasteiger partial charge in [-0.25, -0.2) is 0 Å². The molecule has 1 N–H and O–H groups in total. The van der Waals surface area contributed by atoms with E-state index in [0.717, 1.165) is 24.5 Å². The van der Waals surface area contributed by atoms with Gasteiger partial charge in [0, 0.05) is 25.0 Å². The summed E-state index contributed by atoms with van der Waals surface area (Å²) >= 11 is 0. The molecule has 1 aliphatic rings. The number of hydrogen-bond donors (Lipinski definition) is 1. The lowest BCUT2D eigenvalue weighted by Gasteiger charge is -2.28. The molecule has 3 aromatic rings. The smallest absolute Gasteiger partial charge is 0.274 e. The first kappa shape index (κ1) is 18.0. The van der Waals surface area contributed by atoms with E-state index in [-0.39, 0.29) is 5.91 Å². The van der Waals surface area contributed by atoms with Gasteiger partial charge in [0.1, 0.15) is 11.4 Å². The molecule has 0 unspecified atom stereocenters. The molecule has 0 atom stereocenters. The summed E-state index contributed by atoms with van der Waals surface area (Å²) in [6.45, 7) is 2.05. The Labute approximate surface area is 165 Å². The maximum absolute atomic E-state index is 12.8. The summed E-state index contributed by atoms with van der Waals surface area (Å²) in [6.07, 6.45) is 5.35. The van der Waals surface area contributed by atoms with E-state index in [1.807, 2.05) is 66.7 Å². The number of carbonyl (C=O) groups excluding carboxylic acids is 1. The van der Waals surface area contributed by atoms with Crippen LogP contribution in [0, 0.1) is 0 Å². The number of ether oxygens (including phenoxy) is 1. The van der Waals surface area contributed by atoms with Crippen LogP contribution >= 0.6 is 0 Å². The third kappa shape index (κ3) is 4.31. The monoisotopic (exact) mass is 373 g/mol. The van der Waals surface area contributed by atoms with Crippen LogP contribution in [0.5, 0.6) is 11.5 Å². The maximum atomic E-state index is 12.8. The van der Waals surface area contributed by atoms with Gasteiger partial charge in [-0.2, -0.15) is 0 Å². The normalized spacial score (nSPS) is 13.8. The molecule has 1 saturated heterocycles. The highest BCUT2D eigenvalue weighted by Gasteiger charge is 2.15. The number of aromatic nitrogens is 1. The third-order valence-corrected chi connectivity index (χ3v) is 4.80. The zero-order chi connectivity index (χ0) is 19.2. The largest absolute Gasteiger partial charge is 0.455 e. The van der Waals surface area contributed by atoms with Crippen LogP contribution in [-0.4, -0.2) is 24.0 Å². The topological polar surface area (TPSA) is 54.5 Å². The summed E-state index contributed by atoms with van der Waals surface area (Å²) in [7, 11) is 0. The molecule has 2 heterocycles. The van der Waals surface area contributed by atoms with E-state index in [1.54, 1.807) is 6.20 Å². The number of hydrogen-bond acceptors (Lipinski definition) is 4. The highest BCUT2D eigenvalue weighted by atomic mass is 16.5. The standard InChI is InChI=1S/C23H23N3O2/c27-23(21-17-18(13-14-24-21)26-15-7-2-8-16-26)25-20-11-5-6-12-22(20)28-19-9-3-1-4-10-19/h1,3-6,9-14,17H,2,7-8,15-16H2,(H,25,27). The van der Waals surface area contributed by atoms with Gasteiger partial charge >= 0.3 is 0 Å². The zero-order valence-corrected chi connectivity index (χ0v) is 15.7. The molecule has 4 rings (SSSR count). The van der Waals surface area contributed by atoms with Gasteiger partial charge < -0.3 is 15.0 Å². The van der Waals surface area contributed by atoms with Crippen LogP contribution in [0.15, 0.2) is 72.9 Å². The minimum atomic E-state index is -0.247. The van der Waals surface area contributed by atoms with Crippen molar-refractivity contribution in [1.29, 1.82) is 0 Å². The highest BCUT2D eigenvalue weighted by molar-refractivity contribution is 6.04. The number of pyridine rings is 1. The predicted octanol–water partition coefficient (Wildman–Crippen LogP) is 5.12. The van der Waals surface area contributed by atoms with Crippen molar-refractivity contribution in [2.75, 3.05) is 23.3 Å². The van der Waals surface area contributed by atoms with Crippen LogP contribution in [0.25, 0.3) is 0 Å². The lowest BCUT2D eigenvalue weighted by molar-refractivity contribution is 0.102. The number of anilines is 2. The van der Waals surface area contributed by atoms with Gasteiger partial charge in [0.2, 0.25) is 0 Å². The molecule has 1 fully saturated rings. The first-order valence-corrected chi connectivity index (χ1v) is 9.64. The van der Waals surface area contributed by atoms with E-state index < -0.39 is 0 Å². The van der Waals surface area contributed by atoms with Gasteiger partial charge in [-0.1, -0.05) is 30.3 Å². The number of piperidine rings is 1. The molecule has 28 heavy (non-hydrogen) atoms. The molecule has 5 nitrogen and oxygen atoms in total. The molecule has 0 spiro atoms. The van der Waals surface area contributed by atoms with Gasteiger partial charge in [-0.15, -0.1) is 0 Å².